The molecule has 0 radical (unpaired) electrons. The molecule has 0 aliphatic carbocycles. The van der Waals surface area contributed by atoms with Crippen LogP contribution in [-0.2, 0) is 4.74 Å². The molecule has 0 aliphatic heterocycles. The molecule has 0 atom stereocenters. The summed E-state index contributed by atoms with van der Waals surface area (Å²) in [5.74, 6) is 0. The molecule has 2 rings (SSSR count). The minimum absolute atomic E-state index is 0.151. The van der Waals surface area contributed by atoms with E-state index in [0.717, 1.165) is 5.56 Å². The second-order valence-corrected chi connectivity index (χ2v) is 5.56. The number of aromatic nitrogens is 1. The molecule has 2 aromatic rings. The summed E-state index contributed by atoms with van der Waals surface area (Å²) in [4.78, 5) is 15.5. The summed E-state index contributed by atoms with van der Waals surface area (Å²) in [6.07, 6.45) is 3.27. The molecule has 21 heavy (non-hydrogen) atoms. The number of benzene rings is 1. The van der Waals surface area contributed by atoms with Crippen LogP contribution in [0.2, 0.25) is 0 Å². The van der Waals surface area contributed by atoms with Crippen LogP contribution < -0.4 is 11.1 Å². The second-order valence-electron chi connectivity index (χ2n) is 5.56. The monoisotopic (exact) mass is 289 g/mol. The molecular weight excluding hydrogens is 270 g/mol. The molecule has 1 heterocycles. The Labute approximate surface area is 123 Å². The number of hydrogen-bond donors (Lipinski definition) is 2. The lowest BCUT2D eigenvalue weighted by molar-refractivity contribution is 0.0534. The van der Waals surface area contributed by atoms with Crippen molar-refractivity contribution in [2.24, 2.45) is 0 Å². The van der Waals surface area contributed by atoms with Crippen molar-refractivity contribution in [3.63, 3.8) is 0 Å². The Morgan fingerprint density at radius 3 is 2.95 bits per heavy atom. The fraction of sp³-hybridized carbons (Fsp3) is 0.333. The van der Waals surface area contributed by atoms with Crippen LogP contribution in [0.1, 0.15) is 26.3 Å². The van der Waals surface area contributed by atoms with Gasteiger partial charge in [0.1, 0.15) is 11.1 Å². The van der Waals surface area contributed by atoms with Crippen LogP contribution in [-0.4, -0.2) is 23.2 Å². The van der Waals surface area contributed by atoms with Crippen LogP contribution in [0.3, 0.4) is 0 Å². The summed E-state index contributed by atoms with van der Waals surface area (Å²) in [6.45, 7) is 5.84. The number of anilines is 1. The first-order valence-corrected chi connectivity index (χ1v) is 6.63. The Morgan fingerprint density at radius 1 is 1.48 bits per heavy atom. The van der Waals surface area contributed by atoms with Gasteiger partial charge < -0.3 is 20.2 Å². The lowest BCUT2D eigenvalue weighted by Crippen LogP contribution is -2.32. The number of oxazole rings is 1. The average Bonchev–Trinajstić information content (AvgIpc) is 2.71. The van der Waals surface area contributed by atoms with Gasteiger partial charge in [0.15, 0.2) is 5.58 Å². The number of nitrogens with two attached hydrogens (primary N) is 1. The van der Waals surface area contributed by atoms with E-state index < -0.39 is 11.7 Å². The smallest absolute Gasteiger partial charge is 0.407 e. The highest BCUT2D eigenvalue weighted by atomic mass is 16.6. The van der Waals surface area contributed by atoms with Gasteiger partial charge in [-0.05, 0) is 38.5 Å². The van der Waals surface area contributed by atoms with Crippen LogP contribution in [0.5, 0.6) is 0 Å². The maximum absolute atomic E-state index is 11.4. The van der Waals surface area contributed by atoms with Gasteiger partial charge in [0.25, 0.3) is 6.01 Å². The molecule has 1 aromatic carbocycles. The third kappa shape index (κ3) is 4.52. The highest BCUT2D eigenvalue weighted by Gasteiger charge is 2.14. The first kappa shape index (κ1) is 14.9. The number of nitrogens with zero attached hydrogens (tertiary/aromatic N) is 1. The standard InChI is InChI=1S/C15H19N3O3/c1-15(2,3)21-14(19)17-8-4-5-10-6-7-12-11(9-10)18-13(16)20-12/h4-7,9H,8H2,1-3H3,(H2,16,18)(H,17,19). The molecule has 1 aromatic heterocycles. The van der Waals surface area contributed by atoms with Crippen LogP contribution in [0.15, 0.2) is 28.7 Å². The van der Waals surface area contributed by atoms with Gasteiger partial charge in [-0.3, -0.25) is 0 Å². The van der Waals surface area contributed by atoms with Gasteiger partial charge in [-0.1, -0.05) is 18.2 Å². The molecule has 0 spiro atoms. The van der Waals surface area contributed by atoms with Gasteiger partial charge in [-0.15, -0.1) is 0 Å². The van der Waals surface area contributed by atoms with Gasteiger partial charge in [0, 0.05) is 6.54 Å². The molecule has 0 aliphatic rings. The molecule has 0 fully saturated rings. The number of hydrogen-bond acceptors (Lipinski definition) is 5. The van der Waals surface area contributed by atoms with E-state index in [1.807, 2.05) is 45.1 Å². The highest BCUT2D eigenvalue weighted by Crippen LogP contribution is 2.18. The van der Waals surface area contributed by atoms with Gasteiger partial charge in [0.05, 0.1) is 0 Å². The van der Waals surface area contributed by atoms with Crippen LogP contribution in [0.25, 0.3) is 17.2 Å². The number of alkyl carbamates (subject to hydrolysis) is 1. The Hall–Kier alpha value is -2.50. The number of fused-ring (bicyclic) bond motifs is 1. The molecule has 6 heteroatoms. The molecule has 0 bridgehead atoms. The average molecular weight is 289 g/mol. The van der Waals surface area contributed by atoms with Crippen LogP contribution in [0.4, 0.5) is 10.8 Å². The van der Waals surface area contributed by atoms with Crippen molar-refractivity contribution in [1.82, 2.24) is 10.3 Å². The highest BCUT2D eigenvalue weighted by molar-refractivity contribution is 5.77. The minimum Gasteiger partial charge on any atom is -0.444 e. The molecule has 3 N–H and O–H groups in total. The van der Waals surface area contributed by atoms with Crippen molar-refractivity contribution in [1.29, 1.82) is 0 Å². The molecule has 0 saturated carbocycles. The molecule has 1 amide bonds. The number of nitrogen functional groups attached to an aromatic ring is 1. The van der Waals surface area contributed by atoms with E-state index in [-0.39, 0.29) is 6.01 Å². The minimum atomic E-state index is -0.494. The van der Waals surface area contributed by atoms with Crippen molar-refractivity contribution in [3.05, 3.63) is 29.8 Å². The van der Waals surface area contributed by atoms with Gasteiger partial charge in [-0.25, -0.2) is 4.79 Å². The maximum atomic E-state index is 11.4. The number of amides is 1. The summed E-state index contributed by atoms with van der Waals surface area (Å²) in [7, 11) is 0. The van der Waals surface area contributed by atoms with E-state index in [1.54, 1.807) is 6.07 Å². The fourth-order valence-electron chi connectivity index (χ4n) is 1.72. The number of rotatable bonds is 3. The molecular formula is C15H19N3O3. The Morgan fingerprint density at radius 2 is 2.24 bits per heavy atom. The van der Waals surface area contributed by atoms with Crippen molar-refractivity contribution < 1.29 is 13.9 Å². The van der Waals surface area contributed by atoms with E-state index in [9.17, 15) is 4.79 Å². The zero-order valence-electron chi connectivity index (χ0n) is 12.3. The third-order valence-electron chi connectivity index (χ3n) is 2.50. The van der Waals surface area contributed by atoms with E-state index in [4.69, 9.17) is 14.9 Å². The Kier molecular flexibility index (Phi) is 4.16. The number of ether oxygens (including phenoxy) is 1. The zero-order valence-corrected chi connectivity index (χ0v) is 12.3. The topological polar surface area (TPSA) is 90.4 Å². The summed E-state index contributed by atoms with van der Waals surface area (Å²) in [5, 5.41) is 2.65. The van der Waals surface area contributed by atoms with Gasteiger partial charge >= 0.3 is 6.09 Å². The molecule has 112 valence electrons. The summed E-state index contributed by atoms with van der Waals surface area (Å²) in [6, 6.07) is 5.70. The van der Waals surface area contributed by atoms with Crippen molar-refractivity contribution in [2.45, 2.75) is 26.4 Å². The molecule has 6 nitrogen and oxygen atoms in total. The molecule has 0 unspecified atom stereocenters. The summed E-state index contributed by atoms with van der Waals surface area (Å²) >= 11 is 0. The summed E-state index contributed by atoms with van der Waals surface area (Å²) < 4.78 is 10.3. The third-order valence-corrected chi connectivity index (χ3v) is 2.50. The Bertz CT molecular complexity index is 668. The second kappa shape index (κ2) is 5.87. The lowest BCUT2D eigenvalue weighted by atomic mass is 10.2. The molecule has 0 saturated heterocycles. The maximum Gasteiger partial charge on any atom is 0.407 e. The van der Waals surface area contributed by atoms with E-state index >= 15 is 0 Å². The van der Waals surface area contributed by atoms with E-state index in [2.05, 4.69) is 10.3 Å². The van der Waals surface area contributed by atoms with Gasteiger partial charge in [0.2, 0.25) is 0 Å². The van der Waals surface area contributed by atoms with Crippen molar-refractivity contribution in [2.75, 3.05) is 12.3 Å². The quantitative estimate of drug-likeness (QED) is 0.906. The van der Waals surface area contributed by atoms with Crippen LogP contribution >= 0.6 is 0 Å². The Balaban J connectivity index is 1.89. The van der Waals surface area contributed by atoms with Crippen molar-refractivity contribution >= 4 is 29.3 Å². The SMILES string of the molecule is CC(C)(C)OC(=O)NCC=Cc1ccc2oc(N)nc2c1. The fourth-order valence-corrected chi connectivity index (χ4v) is 1.72. The predicted molar refractivity (Wildman–Crippen MR) is 81.7 cm³/mol. The first-order chi connectivity index (χ1) is 9.83. The predicted octanol–water partition coefficient (Wildman–Crippen LogP) is 2.95. The van der Waals surface area contributed by atoms with E-state index in [1.165, 1.54) is 0 Å². The van der Waals surface area contributed by atoms with Gasteiger partial charge in [-0.2, -0.15) is 4.98 Å². The zero-order chi connectivity index (χ0) is 15.5. The van der Waals surface area contributed by atoms with E-state index in [0.29, 0.717) is 17.6 Å². The first-order valence-electron chi connectivity index (χ1n) is 6.63. The number of carbonyl (C=O) groups is 1. The summed E-state index contributed by atoms with van der Waals surface area (Å²) in [5.41, 5.74) is 7.29. The largest absolute Gasteiger partial charge is 0.444 e. The van der Waals surface area contributed by atoms with Crippen molar-refractivity contribution in [3.8, 4) is 0 Å². The van der Waals surface area contributed by atoms with Crippen LogP contribution in [0, 0.1) is 0 Å². The normalized spacial score (nSPS) is 12.0. The number of carbonyl (C=O) groups excluding carboxylic acids is 1. The lowest BCUT2D eigenvalue weighted by Gasteiger charge is -2.19. The number of nitrogens with one attached hydrogen (secondary N) is 1.